The molecule has 21 heavy (non-hydrogen) atoms. The lowest BCUT2D eigenvalue weighted by Crippen LogP contribution is -2.48. The van der Waals surface area contributed by atoms with Gasteiger partial charge in [0.25, 0.3) is 0 Å². The monoisotopic (exact) mass is 294 g/mol. The van der Waals surface area contributed by atoms with Crippen LogP contribution in [0.4, 0.5) is 4.39 Å². The largest absolute Gasteiger partial charge is 0.377 e. The Morgan fingerprint density at radius 3 is 2.76 bits per heavy atom. The quantitative estimate of drug-likeness (QED) is 0.876. The van der Waals surface area contributed by atoms with E-state index in [0.29, 0.717) is 6.10 Å². The first-order valence-electron chi connectivity index (χ1n) is 7.98. The van der Waals surface area contributed by atoms with E-state index in [1.807, 2.05) is 0 Å². The average molecular weight is 294 g/mol. The Kier molecular flexibility index (Phi) is 6.15. The second-order valence-electron chi connectivity index (χ2n) is 5.95. The molecule has 1 aliphatic heterocycles. The highest BCUT2D eigenvalue weighted by atomic mass is 19.1. The maximum atomic E-state index is 13.0. The fourth-order valence-electron chi connectivity index (χ4n) is 2.95. The number of hydrogen-bond acceptors (Lipinski definition) is 3. The molecule has 0 bridgehead atoms. The van der Waals surface area contributed by atoms with E-state index in [1.54, 1.807) is 12.1 Å². The van der Waals surface area contributed by atoms with Gasteiger partial charge in [0.15, 0.2) is 0 Å². The molecule has 2 N–H and O–H groups in total. The molecule has 0 aromatic heterocycles. The van der Waals surface area contributed by atoms with E-state index in [-0.39, 0.29) is 17.9 Å². The van der Waals surface area contributed by atoms with Crippen LogP contribution in [0, 0.1) is 5.82 Å². The number of ether oxygens (including phenoxy) is 1. The minimum atomic E-state index is -0.218. The van der Waals surface area contributed by atoms with Crippen molar-refractivity contribution in [1.29, 1.82) is 0 Å². The lowest BCUT2D eigenvalue weighted by molar-refractivity contribution is -0.0134. The molecule has 0 saturated carbocycles. The van der Waals surface area contributed by atoms with Crippen molar-refractivity contribution in [2.75, 3.05) is 19.7 Å². The minimum absolute atomic E-state index is 0.101. The average Bonchev–Trinajstić information content (AvgIpc) is 2.52. The minimum Gasteiger partial charge on any atom is -0.377 e. The number of nitrogens with two attached hydrogens (primary N) is 1. The van der Waals surface area contributed by atoms with Crippen LogP contribution in [0.3, 0.4) is 0 Å². The van der Waals surface area contributed by atoms with Crippen LogP contribution in [-0.4, -0.2) is 36.7 Å². The first kappa shape index (κ1) is 16.4. The van der Waals surface area contributed by atoms with Gasteiger partial charge in [0.1, 0.15) is 5.82 Å². The van der Waals surface area contributed by atoms with E-state index in [1.165, 1.54) is 12.1 Å². The predicted octanol–water partition coefficient (Wildman–Crippen LogP) is 3.11. The van der Waals surface area contributed by atoms with E-state index in [4.69, 9.17) is 10.5 Å². The summed E-state index contributed by atoms with van der Waals surface area (Å²) < 4.78 is 18.9. The number of nitrogens with zero attached hydrogens (tertiary/aromatic N) is 1. The van der Waals surface area contributed by atoms with Crippen LogP contribution in [-0.2, 0) is 4.74 Å². The highest BCUT2D eigenvalue weighted by Gasteiger charge is 2.27. The topological polar surface area (TPSA) is 38.5 Å². The number of likely N-dealkylation sites (tertiary alicyclic amines) is 1. The maximum absolute atomic E-state index is 13.0. The Hall–Kier alpha value is -0.970. The summed E-state index contributed by atoms with van der Waals surface area (Å²) in [5, 5.41) is 0. The lowest BCUT2D eigenvalue weighted by atomic mass is 9.97. The smallest absolute Gasteiger partial charge is 0.123 e. The van der Waals surface area contributed by atoms with Crippen molar-refractivity contribution in [1.82, 2.24) is 4.90 Å². The van der Waals surface area contributed by atoms with E-state index >= 15 is 0 Å². The molecule has 3 atom stereocenters. The lowest BCUT2D eigenvalue weighted by Gasteiger charge is -2.39. The zero-order valence-electron chi connectivity index (χ0n) is 13.1. The van der Waals surface area contributed by atoms with Crippen LogP contribution in [0.15, 0.2) is 24.3 Å². The Morgan fingerprint density at radius 1 is 1.38 bits per heavy atom. The van der Waals surface area contributed by atoms with Gasteiger partial charge in [-0.25, -0.2) is 4.39 Å². The molecule has 3 nitrogen and oxygen atoms in total. The van der Waals surface area contributed by atoms with Gasteiger partial charge >= 0.3 is 0 Å². The van der Waals surface area contributed by atoms with E-state index in [9.17, 15) is 4.39 Å². The molecule has 0 radical (unpaired) electrons. The molecule has 2 rings (SSSR count). The third-order valence-corrected chi connectivity index (χ3v) is 4.32. The molecule has 3 unspecified atom stereocenters. The summed E-state index contributed by atoms with van der Waals surface area (Å²) in [5.41, 5.74) is 7.35. The van der Waals surface area contributed by atoms with Crippen LogP contribution in [0.1, 0.15) is 44.7 Å². The maximum Gasteiger partial charge on any atom is 0.123 e. The Bertz CT molecular complexity index is 423. The normalized spacial score (nSPS) is 23.0. The SMILES string of the molecule is CCCOC1CCCN(C(C)C(N)c2ccc(F)cc2)C1. The Morgan fingerprint density at radius 2 is 2.10 bits per heavy atom. The van der Waals surface area contributed by atoms with Crippen molar-refractivity contribution >= 4 is 0 Å². The Balaban J connectivity index is 1.94. The number of benzene rings is 1. The van der Waals surface area contributed by atoms with Gasteiger partial charge in [-0.3, -0.25) is 4.90 Å². The summed E-state index contributed by atoms with van der Waals surface area (Å²) in [7, 11) is 0. The highest BCUT2D eigenvalue weighted by Crippen LogP contribution is 2.23. The summed E-state index contributed by atoms with van der Waals surface area (Å²) in [4.78, 5) is 2.40. The molecule has 1 aromatic carbocycles. The zero-order valence-corrected chi connectivity index (χ0v) is 13.1. The molecule has 0 aliphatic carbocycles. The highest BCUT2D eigenvalue weighted by molar-refractivity contribution is 5.21. The van der Waals surface area contributed by atoms with E-state index < -0.39 is 0 Å². The van der Waals surface area contributed by atoms with Crippen molar-refractivity contribution < 1.29 is 9.13 Å². The van der Waals surface area contributed by atoms with Gasteiger partial charge in [0.2, 0.25) is 0 Å². The van der Waals surface area contributed by atoms with Gasteiger partial charge in [-0.15, -0.1) is 0 Å². The van der Waals surface area contributed by atoms with Crippen molar-refractivity contribution in [3.8, 4) is 0 Å². The van der Waals surface area contributed by atoms with Crippen molar-refractivity contribution in [2.45, 2.75) is 51.3 Å². The van der Waals surface area contributed by atoms with Gasteiger partial charge in [-0.05, 0) is 50.4 Å². The molecular weight excluding hydrogens is 267 g/mol. The molecule has 118 valence electrons. The number of piperidine rings is 1. The van der Waals surface area contributed by atoms with Crippen LogP contribution >= 0.6 is 0 Å². The van der Waals surface area contributed by atoms with Gasteiger partial charge in [-0.1, -0.05) is 19.1 Å². The van der Waals surface area contributed by atoms with Gasteiger partial charge in [0, 0.05) is 25.2 Å². The summed E-state index contributed by atoms with van der Waals surface area (Å²) in [6.07, 6.45) is 3.66. The van der Waals surface area contributed by atoms with Crippen LogP contribution < -0.4 is 5.73 Å². The molecule has 1 heterocycles. The van der Waals surface area contributed by atoms with Crippen LogP contribution in [0.5, 0.6) is 0 Å². The first-order chi connectivity index (χ1) is 10.1. The summed E-state index contributed by atoms with van der Waals surface area (Å²) in [6, 6.07) is 6.65. The van der Waals surface area contributed by atoms with Gasteiger partial charge < -0.3 is 10.5 Å². The molecule has 0 spiro atoms. The summed E-state index contributed by atoms with van der Waals surface area (Å²) in [5.74, 6) is -0.218. The third-order valence-electron chi connectivity index (χ3n) is 4.32. The fraction of sp³-hybridized carbons (Fsp3) is 0.647. The third kappa shape index (κ3) is 4.50. The second-order valence-corrected chi connectivity index (χ2v) is 5.95. The molecule has 0 amide bonds. The predicted molar refractivity (Wildman–Crippen MR) is 83.6 cm³/mol. The molecule has 1 fully saturated rings. The van der Waals surface area contributed by atoms with Gasteiger partial charge in [0.05, 0.1) is 6.10 Å². The van der Waals surface area contributed by atoms with Crippen LogP contribution in [0.25, 0.3) is 0 Å². The van der Waals surface area contributed by atoms with E-state index in [2.05, 4.69) is 18.7 Å². The number of rotatable bonds is 6. The van der Waals surface area contributed by atoms with E-state index in [0.717, 1.165) is 44.5 Å². The number of hydrogen-bond donors (Lipinski definition) is 1. The molecule has 1 aliphatic rings. The Labute approximate surface area is 127 Å². The summed E-state index contributed by atoms with van der Waals surface area (Å²) >= 11 is 0. The van der Waals surface area contributed by atoms with Crippen LogP contribution in [0.2, 0.25) is 0 Å². The zero-order chi connectivity index (χ0) is 15.2. The second kappa shape index (κ2) is 7.87. The van der Waals surface area contributed by atoms with Crippen molar-refractivity contribution in [3.63, 3.8) is 0 Å². The molecule has 1 saturated heterocycles. The standard InChI is InChI=1S/C17H27FN2O/c1-3-11-21-16-5-4-10-20(12-16)13(2)17(19)14-6-8-15(18)9-7-14/h6-9,13,16-17H,3-5,10-12,19H2,1-2H3. The molecular formula is C17H27FN2O. The number of halogens is 1. The molecule has 4 heteroatoms. The van der Waals surface area contributed by atoms with Crippen molar-refractivity contribution in [3.05, 3.63) is 35.6 Å². The van der Waals surface area contributed by atoms with Gasteiger partial charge in [-0.2, -0.15) is 0 Å². The van der Waals surface area contributed by atoms with Crippen molar-refractivity contribution in [2.24, 2.45) is 5.73 Å². The fourth-order valence-corrected chi connectivity index (χ4v) is 2.95. The first-order valence-corrected chi connectivity index (χ1v) is 7.98. The summed E-state index contributed by atoms with van der Waals surface area (Å²) in [6.45, 7) is 7.11. The molecule has 1 aromatic rings.